The molecule has 102 valence electrons. The fraction of sp³-hybridized carbons (Fsp3) is 0.833. The maximum Gasteiger partial charge on any atom is 0.233 e. The largest absolute Gasteiger partial charge is 0.381 e. The van der Waals surface area contributed by atoms with Crippen LogP contribution >= 0.6 is 0 Å². The summed E-state index contributed by atoms with van der Waals surface area (Å²) in [5.41, 5.74) is 4.92. The maximum atomic E-state index is 5.71. The SMILES string of the molecule is COC1(c2noc(C(C)(C)CN)n2)CCOCC1. The highest BCUT2D eigenvalue weighted by Gasteiger charge is 2.40. The van der Waals surface area contributed by atoms with Crippen LogP contribution in [0.1, 0.15) is 38.4 Å². The molecule has 1 fully saturated rings. The molecule has 0 unspecified atom stereocenters. The summed E-state index contributed by atoms with van der Waals surface area (Å²) in [6.45, 7) is 5.72. The Labute approximate surface area is 107 Å². The van der Waals surface area contributed by atoms with Gasteiger partial charge in [-0.05, 0) is 13.8 Å². The van der Waals surface area contributed by atoms with Crippen LogP contribution in [0, 0.1) is 0 Å². The van der Waals surface area contributed by atoms with Crippen LogP contribution < -0.4 is 5.73 Å². The number of nitrogens with two attached hydrogens (primary N) is 1. The molecule has 2 N–H and O–H groups in total. The fourth-order valence-corrected chi connectivity index (χ4v) is 1.99. The lowest BCUT2D eigenvalue weighted by molar-refractivity contribution is -0.101. The molecule has 2 rings (SSSR count). The van der Waals surface area contributed by atoms with Crippen LogP contribution in [-0.4, -0.2) is 37.0 Å². The number of aromatic nitrogens is 2. The van der Waals surface area contributed by atoms with Crippen molar-refractivity contribution in [2.45, 2.75) is 37.7 Å². The number of nitrogens with zero attached hydrogens (tertiary/aromatic N) is 2. The number of hydrogen-bond donors (Lipinski definition) is 1. The van der Waals surface area contributed by atoms with Crippen molar-refractivity contribution >= 4 is 0 Å². The molecule has 18 heavy (non-hydrogen) atoms. The van der Waals surface area contributed by atoms with Gasteiger partial charge in [-0.25, -0.2) is 0 Å². The average molecular weight is 255 g/mol. The second kappa shape index (κ2) is 4.95. The van der Waals surface area contributed by atoms with E-state index < -0.39 is 5.60 Å². The number of methoxy groups -OCH3 is 1. The zero-order valence-corrected chi connectivity index (χ0v) is 11.2. The Bertz CT molecular complexity index is 397. The summed E-state index contributed by atoms with van der Waals surface area (Å²) >= 11 is 0. The third-order valence-corrected chi connectivity index (χ3v) is 3.61. The summed E-state index contributed by atoms with van der Waals surface area (Å²) in [5, 5.41) is 4.07. The van der Waals surface area contributed by atoms with Gasteiger partial charge in [-0.1, -0.05) is 5.16 Å². The minimum atomic E-state index is -0.481. The summed E-state index contributed by atoms with van der Waals surface area (Å²) in [6.07, 6.45) is 1.48. The first-order valence-corrected chi connectivity index (χ1v) is 6.22. The van der Waals surface area contributed by atoms with Crippen molar-refractivity contribution in [3.05, 3.63) is 11.7 Å². The first-order valence-electron chi connectivity index (χ1n) is 6.22. The zero-order chi connectivity index (χ0) is 13.2. The van der Waals surface area contributed by atoms with E-state index in [-0.39, 0.29) is 5.41 Å². The van der Waals surface area contributed by atoms with Crippen molar-refractivity contribution in [1.82, 2.24) is 10.1 Å². The molecule has 0 atom stereocenters. The lowest BCUT2D eigenvalue weighted by Gasteiger charge is -2.32. The molecule has 0 aliphatic carbocycles. The van der Waals surface area contributed by atoms with Crippen LogP contribution in [0.15, 0.2) is 4.52 Å². The summed E-state index contributed by atoms with van der Waals surface area (Å²) < 4.78 is 16.3. The van der Waals surface area contributed by atoms with Gasteiger partial charge in [0.15, 0.2) is 0 Å². The van der Waals surface area contributed by atoms with E-state index in [4.69, 9.17) is 19.7 Å². The Kier molecular flexibility index (Phi) is 3.70. The van der Waals surface area contributed by atoms with E-state index in [2.05, 4.69) is 10.1 Å². The molecular weight excluding hydrogens is 234 g/mol. The van der Waals surface area contributed by atoms with Crippen molar-refractivity contribution in [3.8, 4) is 0 Å². The fourth-order valence-electron chi connectivity index (χ4n) is 1.99. The van der Waals surface area contributed by atoms with Crippen LogP contribution in [-0.2, 0) is 20.5 Å². The van der Waals surface area contributed by atoms with E-state index >= 15 is 0 Å². The van der Waals surface area contributed by atoms with Crippen molar-refractivity contribution < 1.29 is 14.0 Å². The molecule has 1 aliphatic rings. The molecule has 0 radical (unpaired) electrons. The molecule has 1 aliphatic heterocycles. The summed E-state index contributed by atoms with van der Waals surface area (Å²) in [7, 11) is 1.68. The molecule has 0 spiro atoms. The highest BCUT2D eigenvalue weighted by Crippen LogP contribution is 2.34. The van der Waals surface area contributed by atoms with Gasteiger partial charge in [0.2, 0.25) is 11.7 Å². The van der Waals surface area contributed by atoms with Gasteiger partial charge in [0.05, 0.1) is 5.41 Å². The first kappa shape index (κ1) is 13.5. The Morgan fingerprint density at radius 1 is 1.39 bits per heavy atom. The van der Waals surface area contributed by atoms with Gasteiger partial charge in [0.1, 0.15) is 5.60 Å². The third-order valence-electron chi connectivity index (χ3n) is 3.61. The minimum Gasteiger partial charge on any atom is -0.381 e. The lowest BCUT2D eigenvalue weighted by atomic mass is 9.92. The normalized spacial score (nSPS) is 20.0. The van der Waals surface area contributed by atoms with Crippen molar-refractivity contribution in [2.24, 2.45) is 5.73 Å². The van der Waals surface area contributed by atoms with Crippen LogP contribution in [0.3, 0.4) is 0 Å². The van der Waals surface area contributed by atoms with Crippen molar-refractivity contribution in [1.29, 1.82) is 0 Å². The van der Waals surface area contributed by atoms with Crippen LogP contribution in [0.25, 0.3) is 0 Å². The molecule has 6 nitrogen and oxygen atoms in total. The highest BCUT2D eigenvalue weighted by molar-refractivity contribution is 5.08. The van der Waals surface area contributed by atoms with E-state index in [0.717, 1.165) is 12.8 Å². The van der Waals surface area contributed by atoms with Crippen LogP contribution in [0.2, 0.25) is 0 Å². The van der Waals surface area contributed by atoms with E-state index in [9.17, 15) is 0 Å². The lowest BCUT2D eigenvalue weighted by Crippen LogP contribution is -2.37. The topological polar surface area (TPSA) is 83.4 Å². The maximum absolute atomic E-state index is 5.71. The third kappa shape index (κ3) is 2.28. The Morgan fingerprint density at radius 2 is 2.06 bits per heavy atom. The summed E-state index contributed by atoms with van der Waals surface area (Å²) in [6, 6.07) is 0. The Morgan fingerprint density at radius 3 is 2.61 bits per heavy atom. The average Bonchev–Trinajstić information content (AvgIpc) is 2.90. The molecule has 1 aromatic rings. The second-order valence-corrected chi connectivity index (χ2v) is 5.32. The van der Waals surface area contributed by atoms with Gasteiger partial charge in [-0.2, -0.15) is 4.98 Å². The quantitative estimate of drug-likeness (QED) is 0.862. The molecule has 0 aromatic carbocycles. The molecule has 0 saturated carbocycles. The van der Waals surface area contributed by atoms with Gasteiger partial charge in [0, 0.05) is 39.7 Å². The molecule has 1 aromatic heterocycles. The van der Waals surface area contributed by atoms with Crippen molar-refractivity contribution in [3.63, 3.8) is 0 Å². The van der Waals surface area contributed by atoms with Gasteiger partial charge in [-0.3, -0.25) is 0 Å². The van der Waals surface area contributed by atoms with E-state index in [1.54, 1.807) is 7.11 Å². The van der Waals surface area contributed by atoms with E-state index in [1.807, 2.05) is 13.8 Å². The molecule has 0 amide bonds. The number of hydrogen-bond acceptors (Lipinski definition) is 6. The van der Waals surface area contributed by atoms with Crippen LogP contribution in [0.4, 0.5) is 0 Å². The first-order chi connectivity index (χ1) is 8.54. The van der Waals surface area contributed by atoms with E-state index in [0.29, 0.717) is 31.5 Å². The van der Waals surface area contributed by atoms with Gasteiger partial charge in [0.25, 0.3) is 0 Å². The highest BCUT2D eigenvalue weighted by atomic mass is 16.5. The Balaban J connectivity index is 2.28. The zero-order valence-electron chi connectivity index (χ0n) is 11.2. The van der Waals surface area contributed by atoms with Gasteiger partial charge >= 0.3 is 0 Å². The molecule has 0 bridgehead atoms. The van der Waals surface area contributed by atoms with Gasteiger partial charge in [-0.15, -0.1) is 0 Å². The minimum absolute atomic E-state index is 0.314. The molecule has 1 saturated heterocycles. The van der Waals surface area contributed by atoms with E-state index in [1.165, 1.54) is 0 Å². The van der Waals surface area contributed by atoms with Gasteiger partial charge < -0.3 is 19.7 Å². The molecular formula is C12H21N3O3. The smallest absolute Gasteiger partial charge is 0.233 e. The molecule has 2 heterocycles. The predicted molar refractivity (Wildman–Crippen MR) is 65.1 cm³/mol. The summed E-state index contributed by atoms with van der Waals surface area (Å²) in [5.74, 6) is 1.16. The van der Waals surface area contributed by atoms with Crippen molar-refractivity contribution in [2.75, 3.05) is 26.9 Å². The Hall–Kier alpha value is -0.980. The predicted octanol–water partition coefficient (Wildman–Crippen LogP) is 0.958. The monoisotopic (exact) mass is 255 g/mol. The number of ether oxygens (including phenoxy) is 2. The summed E-state index contributed by atoms with van der Waals surface area (Å²) in [4.78, 5) is 4.48. The van der Waals surface area contributed by atoms with Crippen LogP contribution in [0.5, 0.6) is 0 Å². The second-order valence-electron chi connectivity index (χ2n) is 5.32. The molecule has 6 heteroatoms. The standard InChI is InChI=1S/C12H21N3O3/c1-11(2,8-13)10-14-9(15-18-10)12(16-3)4-6-17-7-5-12/h4-8,13H2,1-3H3. The number of rotatable bonds is 4.